The summed E-state index contributed by atoms with van der Waals surface area (Å²) in [5.41, 5.74) is 4.98. The highest BCUT2D eigenvalue weighted by Gasteiger charge is 2.37. The maximum Gasteiger partial charge on any atom is 0.230 e. The average molecular weight is 361 g/mol. The second kappa shape index (κ2) is 6.34. The molecule has 2 unspecified atom stereocenters. The van der Waals surface area contributed by atoms with Crippen LogP contribution in [0.3, 0.4) is 0 Å². The summed E-state index contributed by atoms with van der Waals surface area (Å²) < 4.78 is 13.9. The summed E-state index contributed by atoms with van der Waals surface area (Å²) in [6.45, 7) is 0.561. The van der Waals surface area contributed by atoms with Crippen molar-refractivity contribution in [2.24, 2.45) is 5.92 Å². The molecule has 0 fully saturated rings. The molecule has 136 valence electrons. The zero-order valence-electron chi connectivity index (χ0n) is 14.9. The third-order valence-corrected chi connectivity index (χ3v) is 5.83. The molecule has 2 heterocycles. The van der Waals surface area contributed by atoms with E-state index in [1.807, 2.05) is 35.2 Å². The molecule has 0 saturated carbocycles. The van der Waals surface area contributed by atoms with Gasteiger partial charge < -0.3 is 9.88 Å². The summed E-state index contributed by atoms with van der Waals surface area (Å²) in [7, 11) is 0. The minimum atomic E-state index is -0.261. The molecule has 1 aliphatic carbocycles. The standard InChI is InChI=1S/C22H20FN3O/c23-16-7-9-21-17(11-16)18(14-4-2-1-3-5-14)12-26(21)22(27)15-6-8-19-20(10-15)25-13-24-19/h1-5,7,9,11,13,15,18H,6,8,10,12H2,(H,24,25). The molecule has 1 aromatic heterocycles. The number of aryl methyl sites for hydroxylation is 1. The van der Waals surface area contributed by atoms with Crippen LogP contribution in [0, 0.1) is 11.7 Å². The van der Waals surface area contributed by atoms with Gasteiger partial charge in [-0.2, -0.15) is 0 Å². The molecular formula is C22H20FN3O. The van der Waals surface area contributed by atoms with E-state index in [9.17, 15) is 9.18 Å². The van der Waals surface area contributed by atoms with Gasteiger partial charge in [-0.1, -0.05) is 30.3 Å². The molecule has 2 aliphatic rings. The Labute approximate surface area is 157 Å². The fourth-order valence-corrected chi connectivity index (χ4v) is 4.44. The molecule has 0 radical (unpaired) electrons. The summed E-state index contributed by atoms with van der Waals surface area (Å²) in [4.78, 5) is 22.7. The number of anilines is 1. The van der Waals surface area contributed by atoms with Gasteiger partial charge >= 0.3 is 0 Å². The van der Waals surface area contributed by atoms with Crippen LogP contribution in [-0.2, 0) is 17.6 Å². The van der Waals surface area contributed by atoms with Crippen molar-refractivity contribution in [3.05, 3.63) is 83.2 Å². The topological polar surface area (TPSA) is 49.0 Å². The first-order valence-corrected chi connectivity index (χ1v) is 9.37. The fourth-order valence-electron chi connectivity index (χ4n) is 4.44. The van der Waals surface area contributed by atoms with Crippen LogP contribution in [0.4, 0.5) is 10.1 Å². The van der Waals surface area contributed by atoms with Crippen LogP contribution in [0.1, 0.15) is 34.9 Å². The van der Waals surface area contributed by atoms with Gasteiger partial charge in [-0.25, -0.2) is 9.37 Å². The van der Waals surface area contributed by atoms with Crippen LogP contribution in [-0.4, -0.2) is 22.4 Å². The Hall–Kier alpha value is -2.95. The van der Waals surface area contributed by atoms with Gasteiger partial charge in [0.2, 0.25) is 5.91 Å². The first-order valence-electron chi connectivity index (χ1n) is 9.37. The highest BCUT2D eigenvalue weighted by Crippen LogP contribution is 2.41. The van der Waals surface area contributed by atoms with Gasteiger partial charge in [-0.15, -0.1) is 0 Å². The van der Waals surface area contributed by atoms with E-state index in [0.717, 1.165) is 41.0 Å². The molecule has 1 aliphatic heterocycles. The van der Waals surface area contributed by atoms with Gasteiger partial charge in [0.25, 0.3) is 0 Å². The lowest BCUT2D eigenvalue weighted by Crippen LogP contribution is -2.38. The maximum absolute atomic E-state index is 13.9. The molecule has 2 atom stereocenters. The van der Waals surface area contributed by atoms with Crippen LogP contribution in [0.2, 0.25) is 0 Å². The molecule has 2 aromatic carbocycles. The number of benzene rings is 2. The molecule has 4 nitrogen and oxygen atoms in total. The van der Waals surface area contributed by atoms with Gasteiger partial charge in [0.1, 0.15) is 5.82 Å². The highest BCUT2D eigenvalue weighted by atomic mass is 19.1. The Morgan fingerprint density at radius 1 is 1.19 bits per heavy atom. The lowest BCUT2D eigenvalue weighted by Gasteiger charge is -2.26. The third kappa shape index (κ3) is 2.74. The predicted molar refractivity (Wildman–Crippen MR) is 101 cm³/mol. The summed E-state index contributed by atoms with van der Waals surface area (Å²) in [5.74, 6) is -0.212. The lowest BCUT2D eigenvalue weighted by molar-refractivity contribution is -0.122. The van der Waals surface area contributed by atoms with Gasteiger partial charge in [0, 0.05) is 36.2 Å². The van der Waals surface area contributed by atoms with E-state index < -0.39 is 0 Å². The first-order chi connectivity index (χ1) is 13.2. The number of halogens is 1. The predicted octanol–water partition coefficient (Wildman–Crippen LogP) is 3.83. The second-order valence-corrected chi connectivity index (χ2v) is 7.38. The molecule has 0 saturated heterocycles. The van der Waals surface area contributed by atoms with E-state index in [-0.39, 0.29) is 23.6 Å². The molecule has 0 bridgehead atoms. The SMILES string of the molecule is O=C(C1CCc2[nH]cnc2C1)N1CC(c2ccccc2)c2cc(F)ccc21. The van der Waals surface area contributed by atoms with E-state index in [1.165, 1.54) is 6.07 Å². The Balaban J connectivity index is 1.48. The number of hydrogen-bond acceptors (Lipinski definition) is 2. The van der Waals surface area contributed by atoms with E-state index in [1.54, 1.807) is 18.5 Å². The average Bonchev–Trinajstić information content (AvgIpc) is 3.31. The molecule has 1 amide bonds. The van der Waals surface area contributed by atoms with Crippen molar-refractivity contribution in [3.63, 3.8) is 0 Å². The zero-order valence-corrected chi connectivity index (χ0v) is 14.9. The summed E-state index contributed by atoms with van der Waals surface area (Å²) in [6, 6.07) is 14.8. The number of fused-ring (bicyclic) bond motifs is 2. The molecule has 5 heteroatoms. The number of rotatable bonds is 2. The Morgan fingerprint density at radius 3 is 2.89 bits per heavy atom. The van der Waals surface area contributed by atoms with Gasteiger partial charge in [-0.05, 0) is 42.2 Å². The molecule has 1 N–H and O–H groups in total. The van der Waals surface area contributed by atoms with Crippen molar-refractivity contribution in [2.75, 3.05) is 11.4 Å². The van der Waals surface area contributed by atoms with Crippen LogP contribution in [0.25, 0.3) is 0 Å². The largest absolute Gasteiger partial charge is 0.348 e. The van der Waals surface area contributed by atoms with Gasteiger partial charge in [0.05, 0.1) is 12.0 Å². The van der Waals surface area contributed by atoms with Crippen molar-refractivity contribution in [1.29, 1.82) is 0 Å². The monoisotopic (exact) mass is 361 g/mol. The van der Waals surface area contributed by atoms with E-state index in [0.29, 0.717) is 13.0 Å². The van der Waals surface area contributed by atoms with Crippen molar-refractivity contribution in [1.82, 2.24) is 9.97 Å². The van der Waals surface area contributed by atoms with Crippen LogP contribution in [0.15, 0.2) is 54.9 Å². The zero-order chi connectivity index (χ0) is 18.4. The second-order valence-electron chi connectivity index (χ2n) is 7.38. The minimum absolute atomic E-state index is 0.00499. The van der Waals surface area contributed by atoms with Crippen LogP contribution < -0.4 is 4.90 Å². The quantitative estimate of drug-likeness (QED) is 0.754. The van der Waals surface area contributed by atoms with E-state index >= 15 is 0 Å². The number of hydrogen-bond donors (Lipinski definition) is 1. The summed E-state index contributed by atoms with van der Waals surface area (Å²) in [5, 5.41) is 0. The highest BCUT2D eigenvalue weighted by molar-refractivity contribution is 5.98. The van der Waals surface area contributed by atoms with Crippen molar-refractivity contribution in [2.45, 2.75) is 25.2 Å². The van der Waals surface area contributed by atoms with Crippen LogP contribution in [0.5, 0.6) is 0 Å². The Kier molecular flexibility index (Phi) is 3.81. The smallest absolute Gasteiger partial charge is 0.230 e. The Bertz CT molecular complexity index is 998. The molecule has 3 aromatic rings. The van der Waals surface area contributed by atoms with E-state index in [4.69, 9.17) is 0 Å². The van der Waals surface area contributed by atoms with Gasteiger partial charge in [-0.3, -0.25) is 4.79 Å². The normalized spacial score (nSPS) is 21.0. The van der Waals surface area contributed by atoms with Crippen LogP contribution >= 0.6 is 0 Å². The number of amides is 1. The molecule has 0 spiro atoms. The number of carbonyl (C=O) groups is 1. The van der Waals surface area contributed by atoms with E-state index in [2.05, 4.69) is 9.97 Å². The molecule has 5 rings (SSSR count). The number of H-pyrrole nitrogens is 1. The number of aromatic nitrogens is 2. The Morgan fingerprint density at radius 2 is 2.04 bits per heavy atom. The first kappa shape index (κ1) is 16.2. The summed E-state index contributed by atoms with van der Waals surface area (Å²) >= 11 is 0. The third-order valence-electron chi connectivity index (χ3n) is 5.83. The number of carbonyl (C=O) groups excluding carboxylic acids is 1. The molecule has 27 heavy (non-hydrogen) atoms. The molecular weight excluding hydrogens is 341 g/mol. The minimum Gasteiger partial charge on any atom is -0.348 e. The van der Waals surface area contributed by atoms with Crippen molar-refractivity contribution < 1.29 is 9.18 Å². The number of imidazole rings is 1. The number of aromatic amines is 1. The van der Waals surface area contributed by atoms with Crippen molar-refractivity contribution >= 4 is 11.6 Å². The fraction of sp³-hybridized carbons (Fsp3) is 0.273. The number of nitrogens with zero attached hydrogens (tertiary/aromatic N) is 2. The lowest BCUT2D eigenvalue weighted by atomic mass is 9.88. The van der Waals surface area contributed by atoms with Crippen molar-refractivity contribution in [3.8, 4) is 0 Å². The maximum atomic E-state index is 13.9. The number of nitrogens with one attached hydrogen (secondary N) is 1. The van der Waals surface area contributed by atoms with Gasteiger partial charge in [0.15, 0.2) is 0 Å². The summed E-state index contributed by atoms with van der Waals surface area (Å²) in [6.07, 6.45) is 4.03.